The summed E-state index contributed by atoms with van der Waals surface area (Å²) in [5.74, 6) is -2.08. The van der Waals surface area contributed by atoms with Gasteiger partial charge in [0.15, 0.2) is 6.10 Å². The molecule has 0 unspecified atom stereocenters. The smallest absolute Gasteiger partial charge is 0.334 e. The van der Waals surface area contributed by atoms with Crippen molar-refractivity contribution in [3.05, 3.63) is 12.2 Å². The van der Waals surface area contributed by atoms with Gasteiger partial charge in [-0.2, -0.15) is 0 Å². The van der Waals surface area contributed by atoms with Gasteiger partial charge in [0, 0.05) is 23.8 Å². The largest absolute Gasteiger partial charge is 0.455 e. The lowest BCUT2D eigenvalue weighted by molar-refractivity contribution is -0.191. The highest BCUT2D eigenvalue weighted by atomic mass is 16.6. The third-order valence-corrected chi connectivity index (χ3v) is 5.81. The van der Waals surface area contributed by atoms with Gasteiger partial charge in [0.1, 0.15) is 17.5 Å². The molecule has 1 aliphatic heterocycles. The van der Waals surface area contributed by atoms with E-state index in [1.165, 1.54) is 0 Å². The van der Waals surface area contributed by atoms with Gasteiger partial charge < -0.3 is 14.6 Å². The third kappa shape index (κ3) is 4.17. The number of Topliss-reactive ketones (excluding diaryl/α,β-unsaturated/α-hetero) is 1. The molecule has 2 rings (SSSR count). The zero-order chi connectivity index (χ0) is 19.6. The van der Waals surface area contributed by atoms with Crippen LogP contribution in [0.25, 0.3) is 0 Å². The predicted molar refractivity (Wildman–Crippen MR) is 95.1 cm³/mol. The van der Waals surface area contributed by atoms with E-state index in [1.807, 2.05) is 13.8 Å². The molecule has 146 valence electrons. The Morgan fingerprint density at radius 1 is 1.46 bits per heavy atom. The van der Waals surface area contributed by atoms with Crippen molar-refractivity contribution >= 4 is 17.7 Å². The molecular formula is C20H30O6. The molecule has 1 N–H and O–H groups in total. The maximum absolute atomic E-state index is 12.5. The molecule has 26 heavy (non-hydrogen) atoms. The Morgan fingerprint density at radius 2 is 2.12 bits per heavy atom. The summed E-state index contributed by atoms with van der Waals surface area (Å²) in [6.07, 6.45) is 0.374. The van der Waals surface area contributed by atoms with Crippen molar-refractivity contribution in [2.75, 3.05) is 0 Å². The van der Waals surface area contributed by atoms with E-state index in [0.29, 0.717) is 25.7 Å². The van der Waals surface area contributed by atoms with Gasteiger partial charge in [0.25, 0.3) is 0 Å². The molecule has 6 nitrogen and oxygen atoms in total. The minimum Gasteiger partial charge on any atom is -0.455 e. The Hall–Kier alpha value is -1.69. The molecule has 0 aromatic rings. The van der Waals surface area contributed by atoms with Crippen LogP contribution in [0.3, 0.4) is 0 Å². The Balaban J connectivity index is 2.39. The number of esters is 2. The summed E-state index contributed by atoms with van der Waals surface area (Å²) in [6, 6.07) is 0. The molecule has 6 atom stereocenters. The number of hydrogen-bond donors (Lipinski definition) is 1. The van der Waals surface area contributed by atoms with E-state index in [9.17, 15) is 19.5 Å². The second-order valence-corrected chi connectivity index (χ2v) is 7.99. The monoisotopic (exact) mass is 366 g/mol. The van der Waals surface area contributed by atoms with Crippen molar-refractivity contribution in [1.29, 1.82) is 0 Å². The SMILES string of the molecule is C=C1C(=O)O[C@@H]2[C@@H](OC(=O)[C@H](C)CC)[C@@](C)(O)CCC[C@@H](C)C(=O)C[C@@H]12. The first kappa shape index (κ1) is 20.6. The van der Waals surface area contributed by atoms with Gasteiger partial charge in [-0.1, -0.05) is 27.4 Å². The van der Waals surface area contributed by atoms with E-state index in [-0.39, 0.29) is 29.6 Å². The van der Waals surface area contributed by atoms with Crippen LogP contribution in [0.5, 0.6) is 0 Å². The number of rotatable bonds is 3. The van der Waals surface area contributed by atoms with E-state index in [2.05, 4.69) is 6.58 Å². The van der Waals surface area contributed by atoms with Gasteiger partial charge >= 0.3 is 11.9 Å². The number of ketones is 1. The Labute approximate surface area is 154 Å². The summed E-state index contributed by atoms with van der Waals surface area (Å²) in [4.78, 5) is 37.0. The normalized spacial score (nSPS) is 36.9. The first-order valence-corrected chi connectivity index (χ1v) is 9.43. The molecule has 1 aliphatic carbocycles. The van der Waals surface area contributed by atoms with E-state index in [4.69, 9.17) is 9.47 Å². The molecule has 1 saturated heterocycles. The van der Waals surface area contributed by atoms with Gasteiger partial charge in [-0.15, -0.1) is 0 Å². The minimum atomic E-state index is -1.36. The highest BCUT2D eigenvalue weighted by Gasteiger charge is 2.52. The Kier molecular flexibility index (Phi) is 6.27. The summed E-state index contributed by atoms with van der Waals surface area (Å²) in [7, 11) is 0. The molecule has 2 aliphatic rings. The van der Waals surface area contributed by atoms with Crippen molar-refractivity contribution in [1.82, 2.24) is 0 Å². The van der Waals surface area contributed by atoms with Crippen LogP contribution in [0.15, 0.2) is 12.2 Å². The fraction of sp³-hybridized carbons (Fsp3) is 0.750. The van der Waals surface area contributed by atoms with Crippen LogP contribution in [0.2, 0.25) is 0 Å². The lowest BCUT2D eigenvalue weighted by Gasteiger charge is -2.38. The molecule has 0 spiro atoms. The third-order valence-electron chi connectivity index (χ3n) is 5.81. The molecular weight excluding hydrogens is 336 g/mol. The van der Waals surface area contributed by atoms with Crippen molar-refractivity contribution < 1.29 is 29.0 Å². The van der Waals surface area contributed by atoms with E-state index < -0.39 is 35.7 Å². The van der Waals surface area contributed by atoms with Crippen LogP contribution in [0, 0.1) is 17.8 Å². The zero-order valence-corrected chi connectivity index (χ0v) is 16.1. The van der Waals surface area contributed by atoms with Crippen LogP contribution < -0.4 is 0 Å². The van der Waals surface area contributed by atoms with Crippen LogP contribution in [-0.2, 0) is 23.9 Å². The summed E-state index contributed by atoms with van der Waals surface area (Å²) in [6.45, 7) is 10.8. The molecule has 6 heteroatoms. The van der Waals surface area contributed by atoms with Gasteiger partial charge in [-0.05, 0) is 32.6 Å². The van der Waals surface area contributed by atoms with E-state index >= 15 is 0 Å². The van der Waals surface area contributed by atoms with Crippen LogP contribution in [0.1, 0.15) is 59.8 Å². The number of ether oxygens (including phenoxy) is 2. The Morgan fingerprint density at radius 3 is 2.73 bits per heavy atom. The lowest BCUT2D eigenvalue weighted by atomic mass is 9.77. The first-order chi connectivity index (χ1) is 12.1. The summed E-state index contributed by atoms with van der Waals surface area (Å²) in [5, 5.41) is 11.0. The van der Waals surface area contributed by atoms with Gasteiger partial charge in [0.2, 0.25) is 0 Å². The highest BCUT2D eigenvalue weighted by molar-refractivity contribution is 5.93. The quantitative estimate of drug-likeness (QED) is 0.610. The van der Waals surface area contributed by atoms with E-state index in [0.717, 1.165) is 0 Å². The summed E-state index contributed by atoms with van der Waals surface area (Å²) in [5.41, 5.74) is -1.16. The van der Waals surface area contributed by atoms with Gasteiger partial charge in [-0.3, -0.25) is 9.59 Å². The molecule has 2 fully saturated rings. The second-order valence-electron chi connectivity index (χ2n) is 7.99. The first-order valence-electron chi connectivity index (χ1n) is 9.43. The highest BCUT2D eigenvalue weighted by Crippen LogP contribution is 2.39. The number of aliphatic hydroxyl groups is 1. The molecule has 1 saturated carbocycles. The van der Waals surface area contributed by atoms with Crippen LogP contribution in [0.4, 0.5) is 0 Å². The topological polar surface area (TPSA) is 89.9 Å². The maximum atomic E-state index is 12.5. The van der Waals surface area contributed by atoms with Crippen molar-refractivity contribution in [3.63, 3.8) is 0 Å². The van der Waals surface area contributed by atoms with Gasteiger partial charge in [-0.25, -0.2) is 4.79 Å². The second kappa shape index (κ2) is 7.91. The lowest BCUT2D eigenvalue weighted by Crippen LogP contribution is -2.52. The zero-order valence-electron chi connectivity index (χ0n) is 16.1. The van der Waals surface area contributed by atoms with Crippen molar-refractivity contribution in [3.8, 4) is 0 Å². The van der Waals surface area contributed by atoms with Crippen LogP contribution in [-0.4, -0.2) is 40.6 Å². The molecule has 0 amide bonds. The predicted octanol–water partition coefficient (Wildman–Crippen LogP) is 2.57. The Bertz CT molecular complexity index is 593. The molecule has 0 radical (unpaired) electrons. The molecule has 0 aromatic carbocycles. The molecule has 1 heterocycles. The van der Waals surface area contributed by atoms with Crippen molar-refractivity contribution in [2.24, 2.45) is 17.8 Å². The average Bonchev–Trinajstić information content (AvgIpc) is 2.85. The minimum absolute atomic E-state index is 0.0352. The standard InChI is InChI=1S/C20H30O6/c1-6-11(2)18(22)26-17-16-14(13(4)19(23)25-16)10-15(21)12(3)8-7-9-20(17,5)24/h11-12,14,16-17,24H,4,6-10H2,1-3,5H3/t11-,12-,14+,16+,17-,20+/m1/s1. The molecule has 0 bridgehead atoms. The average molecular weight is 366 g/mol. The number of carbonyl (C=O) groups is 3. The number of carbonyl (C=O) groups excluding carboxylic acids is 3. The van der Waals surface area contributed by atoms with Crippen molar-refractivity contribution in [2.45, 2.75) is 77.6 Å². The van der Waals surface area contributed by atoms with E-state index in [1.54, 1.807) is 13.8 Å². The summed E-state index contributed by atoms with van der Waals surface area (Å²) >= 11 is 0. The van der Waals surface area contributed by atoms with Crippen LogP contribution >= 0.6 is 0 Å². The van der Waals surface area contributed by atoms with Gasteiger partial charge in [0.05, 0.1) is 5.92 Å². The molecule has 0 aromatic heterocycles. The maximum Gasteiger partial charge on any atom is 0.334 e. The fourth-order valence-corrected chi connectivity index (χ4v) is 3.59. The fourth-order valence-electron chi connectivity index (χ4n) is 3.59. The number of hydrogen-bond acceptors (Lipinski definition) is 6. The number of fused-ring (bicyclic) bond motifs is 1. The summed E-state index contributed by atoms with van der Waals surface area (Å²) < 4.78 is 11.1.